The molecule has 0 saturated carbocycles. The summed E-state index contributed by atoms with van der Waals surface area (Å²) in [6.45, 7) is 4.91. The number of hydrogen-bond donors (Lipinski definition) is 1. The summed E-state index contributed by atoms with van der Waals surface area (Å²) in [5.74, 6) is -0.745. The van der Waals surface area contributed by atoms with E-state index in [1.54, 1.807) is 25.1 Å². The summed E-state index contributed by atoms with van der Waals surface area (Å²) in [4.78, 5) is 30.0. The maximum absolute atomic E-state index is 13.6. The molecule has 2 heterocycles. The number of fused-ring (bicyclic) bond motifs is 1. The highest BCUT2D eigenvalue weighted by atomic mass is 19.4. The van der Waals surface area contributed by atoms with Crippen molar-refractivity contribution in [3.8, 4) is 6.07 Å². The summed E-state index contributed by atoms with van der Waals surface area (Å²) in [7, 11) is 3.15. The monoisotopic (exact) mass is 568 g/mol. The minimum Gasteiger partial charge on any atom is -0.466 e. The number of esters is 1. The summed E-state index contributed by atoms with van der Waals surface area (Å²) in [6.07, 6.45) is -1.51. The lowest BCUT2D eigenvalue weighted by Gasteiger charge is -2.36. The molecule has 0 amide bonds. The maximum atomic E-state index is 13.6. The van der Waals surface area contributed by atoms with Crippen LogP contribution in [0.2, 0.25) is 0 Å². The molecule has 9 nitrogen and oxygen atoms in total. The molecule has 0 spiro atoms. The van der Waals surface area contributed by atoms with Crippen LogP contribution in [-0.4, -0.2) is 46.3 Å². The maximum Gasteiger partial charge on any atom is 0.416 e. The molecule has 0 bridgehead atoms. The highest BCUT2D eigenvalue weighted by Gasteiger charge is 2.41. The number of aromatic nitrogens is 3. The van der Waals surface area contributed by atoms with Gasteiger partial charge >= 0.3 is 17.8 Å². The molecule has 1 aliphatic heterocycles. The van der Waals surface area contributed by atoms with Gasteiger partial charge in [0.2, 0.25) is 5.95 Å². The summed E-state index contributed by atoms with van der Waals surface area (Å²) in [5, 5.41) is 16.1. The topological polar surface area (TPSA) is 107 Å². The van der Waals surface area contributed by atoms with Crippen molar-refractivity contribution in [2.75, 3.05) is 25.6 Å². The van der Waals surface area contributed by atoms with Gasteiger partial charge in [-0.1, -0.05) is 31.9 Å². The molecule has 1 aliphatic rings. The Labute approximate surface area is 235 Å². The van der Waals surface area contributed by atoms with Gasteiger partial charge in [-0.05, 0) is 68.4 Å². The van der Waals surface area contributed by atoms with Gasteiger partial charge in [-0.25, -0.2) is 19.3 Å². The van der Waals surface area contributed by atoms with E-state index >= 15 is 0 Å². The van der Waals surface area contributed by atoms with E-state index in [2.05, 4.69) is 28.1 Å². The second-order valence-electron chi connectivity index (χ2n) is 9.95. The van der Waals surface area contributed by atoms with Crippen LogP contribution in [-0.2, 0) is 22.3 Å². The molecule has 0 unspecified atom stereocenters. The number of benzene rings is 2. The Kier molecular flexibility index (Phi) is 8.68. The number of aromatic amines is 1. The van der Waals surface area contributed by atoms with E-state index in [0.717, 1.165) is 37.9 Å². The standard InChI is InChI=1S/C29H31F3N6O3/c1-5-6-7-13-36(3)17-20-14-19(16-33)11-12-23(20)25-24(26(39)41-4)18(2)37(27-34-35-28(40)38(25)27)22-10-8-9-21(15-22)29(30,31)32/h8-12,14-15,25H,5-7,13,17H2,1-4H3,(H,35,40)/t25-/m1/s1. The number of nitrogens with one attached hydrogen (secondary N) is 1. The van der Waals surface area contributed by atoms with E-state index in [1.807, 2.05) is 7.05 Å². The van der Waals surface area contributed by atoms with Crippen LogP contribution in [0.1, 0.15) is 61.4 Å². The Morgan fingerprint density at radius 2 is 1.98 bits per heavy atom. The molecule has 0 fully saturated rings. The molecule has 0 saturated heterocycles. The quantitative estimate of drug-likeness (QED) is 0.277. The number of alkyl halides is 3. The van der Waals surface area contributed by atoms with Crippen molar-refractivity contribution in [3.63, 3.8) is 0 Å². The minimum atomic E-state index is -4.61. The van der Waals surface area contributed by atoms with Crippen molar-refractivity contribution < 1.29 is 22.7 Å². The molecule has 216 valence electrons. The Morgan fingerprint density at radius 1 is 1.22 bits per heavy atom. The number of halogens is 3. The smallest absolute Gasteiger partial charge is 0.416 e. The Bertz CT molecular complexity index is 1570. The van der Waals surface area contributed by atoms with E-state index in [1.165, 1.54) is 28.7 Å². The molecule has 0 aliphatic carbocycles. The lowest BCUT2D eigenvalue weighted by atomic mass is 9.90. The van der Waals surface area contributed by atoms with Crippen LogP contribution in [0.4, 0.5) is 24.8 Å². The predicted octanol–water partition coefficient (Wildman–Crippen LogP) is 5.27. The molecule has 1 aromatic heterocycles. The van der Waals surface area contributed by atoms with Crippen molar-refractivity contribution in [1.29, 1.82) is 5.26 Å². The zero-order valence-electron chi connectivity index (χ0n) is 23.2. The van der Waals surface area contributed by atoms with E-state index in [9.17, 15) is 28.0 Å². The summed E-state index contributed by atoms with van der Waals surface area (Å²) in [6, 6.07) is 10.7. The number of ether oxygens (including phenoxy) is 1. The predicted molar refractivity (Wildman–Crippen MR) is 146 cm³/mol. The third-order valence-corrected chi connectivity index (χ3v) is 7.13. The Morgan fingerprint density at radius 3 is 2.63 bits per heavy atom. The molecule has 0 radical (unpaired) electrons. The fraction of sp³-hybridized carbons (Fsp3) is 0.379. The van der Waals surface area contributed by atoms with Gasteiger partial charge in [0.15, 0.2) is 0 Å². The Hall–Kier alpha value is -4.37. The first-order valence-electron chi connectivity index (χ1n) is 13.2. The number of unbranched alkanes of at least 4 members (excludes halogenated alkanes) is 2. The van der Waals surface area contributed by atoms with Crippen LogP contribution in [0.15, 0.2) is 58.5 Å². The number of nitrogens with zero attached hydrogens (tertiary/aromatic N) is 5. The average Bonchev–Trinajstić information content (AvgIpc) is 3.32. The first-order valence-corrected chi connectivity index (χ1v) is 13.2. The SMILES string of the molecule is CCCCCN(C)Cc1cc(C#N)ccc1[C@@H]1C(C(=O)OC)=C(C)N(c2cccc(C(F)(F)F)c2)c2n[nH]c(=O)n21. The van der Waals surface area contributed by atoms with Gasteiger partial charge < -0.3 is 9.64 Å². The number of carbonyl (C=O) groups is 1. The van der Waals surface area contributed by atoms with Gasteiger partial charge in [-0.3, -0.25) is 4.90 Å². The van der Waals surface area contributed by atoms with Gasteiger partial charge in [0.25, 0.3) is 0 Å². The van der Waals surface area contributed by atoms with Gasteiger partial charge in [-0.15, -0.1) is 5.10 Å². The summed E-state index contributed by atoms with van der Waals surface area (Å²) < 4.78 is 47.1. The fourth-order valence-electron chi connectivity index (χ4n) is 5.16. The zero-order chi connectivity index (χ0) is 29.9. The number of anilines is 2. The molecular formula is C29H31F3N6O3. The average molecular weight is 569 g/mol. The van der Waals surface area contributed by atoms with Gasteiger partial charge in [0, 0.05) is 17.9 Å². The van der Waals surface area contributed by atoms with Crippen molar-refractivity contribution >= 4 is 17.6 Å². The highest BCUT2D eigenvalue weighted by molar-refractivity contribution is 5.93. The van der Waals surface area contributed by atoms with E-state index in [4.69, 9.17) is 4.74 Å². The molecule has 41 heavy (non-hydrogen) atoms. The van der Waals surface area contributed by atoms with E-state index in [0.29, 0.717) is 23.2 Å². The zero-order valence-corrected chi connectivity index (χ0v) is 23.2. The number of hydrogen-bond acceptors (Lipinski definition) is 7. The molecule has 3 aromatic rings. The third-order valence-electron chi connectivity index (χ3n) is 7.13. The lowest BCUT2D eigenvalue weighted by molar-refractivity contribution is -0.138. The van der Waals surface area contributed by atoms with Crippen LogP contribution >= 0.6 is 0 Å². The van der Waals surface area contributed by atoms with Gasteiger partial charge in [0.05, 0.1) is 29.9 Å². The molecule has 12 heteroatoms. The Balaban J connectivity index is 1.94. The van der Waals surface area contributed by atoms with Crippen LogP contribution in [0.3, 0.4) is 0 Å². The summed E-state index contributed by atoms with van der Waals surface area (Å²) in [5.41, 5.74) is 0.505. The van der Waals surface area contributed by atoms with Crippen molar-refractivity contribution in [2.45, 2.75) is 51.9 Å². The highest BCUT2D eigenvalue weighted by Crippen LogP contribution is 2.43. The number of methoxy groups -OCH3 is 1. The fourth-order valence-corrected chi connectivity index (χ4v) is 5.16. The minimum absolute atomic E-state index is 0.0103. The molecule has 1 N–H and O–H groups in total. The first kappa shape index (κ1) is 29.6. The second-order valence-corrected chi connectivity index (χ2v) is 9.95. The number of H-pyrrole nitrogens is 1. The number of carbonyl (C=O) groups excluding carboxylic acids is 1. The van der Waals surface area contributed by atoms with E-state index < -0.39 is 29.4 Å². The molecular weight excluding hydrogens is 537 g/mol. The van der Waals surface area contributed by atoms with Gasteiger partial charge in [-0.2, -0.15) is 18.4 Å². The number of allylic oxidation sites excluding steroid dienone is 1. The largest absolute Gasteiger partial charge is 0.466 e. The van der Waals surface area contributed by atoms with Crippen molar-refractivity contribution in [3.05, 3.63) is 86.5 Å². The number of rotatable bonds is 9. The van der Waals surface area contributed by atoms with Crippen LogP contribution in [0.5, 0.6) is 0 Å². The van der Waals surface area contributed by atoms with Crippen molar-refractivity contribution in [2.24, 2.45) is 0 Å². The lowest BCUT2D eigenvalue weighted by Crippen LogP contribution is -2.38. The van der Waals surface area contributed by atoms with Gasteiger partial charge in [0.1, 0.15) is 6.04 Å². The normalized spacial score (nSPS) is 15.2. The van der Waals surface area contributed by atoms with Crippen LogP contribution in [0, 0.1) is 11.3 Å². The molecule has 1 atom stereocenters. The van der Waals surface area contributed by atoms with Crippen LogP contribution in [0.25, 0.3) is 0 Å². The van der Waals surface area contributed by atoms with Crippen molar-refractivity contribution in [1.82, 2.24) is 19.7 Å². The third kappa shape index (κ3) is 5.90. The summed E-state index contributed by atoms with van der Waals surface area (Å²) >= 11 is 0. The van der Waals surface area contributed by atoms with E-state index in [-0.39, 0.29) is 22.9 Å². The number of nitriles is 1. The first-order chi connectivity index (χ1) is 19.5. The molecule has 4 rings (SSSR count). The van der Waals surface area contributed by atoms with Crippen LogP contribution < -0.4 is 10.6 Å². The second kappa shape index (κ2) is 12.0. The molecule has 2 aromatic carbocycles.